The summed E-state index contributed by atoms with van der Waals surface area (Å²) in [6, 6.07) is 5.76. The minimum Gasteiger partial charge on any atom is -0.367 e. The third-order valence-corrected chi connectivity index (χ3v) is 7.85. The number of amides is 4. The first-order valence-corrected chi connectivity index (χ1v) is 12.7. The number of anilines is 1. The number of imide groups is 1. The van der Waals surface area contributed by atoms with Gasteiger partial charge in [-0.15, -0.1) is 11.3 Å². The molecule has 36 heavy (non-hydrogen) atoms. The van der Waals surface area contributed by atoms with Crippen molar-refractivity contribution < 1.29 is 14.4 Å². The van der Waals surface area contributed by atoms with Crippen LogP contribution in [0.1, 0.15) is 34.5 Å². The summed E-state index contributed by atoms with van der Waals surface area (Å²) in [5, 5.41) is 12.7. The van der Waals surface area contributed by atoms with Gasteiger partial charge < -0.3 is 20.4 Å². The lowest BCUT2D eigenvalue weighted by Crippen LogP contribution is -2.38. The van der Waals surface area contributed by atoms with Crippen LogP contribution in [0.4, 0.5) is 10.6 Å². The maximum absolute atomic E-state index is 13.2. The molecule has 1 aliphatic carbocycles. The van der Waals surface area contributed by atoms with Crippen molar-refractivity contribution in [1.29, 1.82) is 0 Å². The number of aromatic nitrogens is 3. The van der Waals surface area contributed by atoms with E-state index in [-0.39, 0.29) is 17.6 Å². The molecule has 1 unspecified atom stereocenters. The Morgan fingerprint density at radius 1 is 1.25 bits per heavy atom. The average Bonchev–Trinajstić information content (AvgIpc) is 3.22. The van der Waals surface area contributed by atoms with Crippen LogP contribution in [0.3, 0.4) is 0 Å². The molecule has 0 radical (unpaired) electrons. The number of thiophene rings is 1. The number of likely N-dealkylation sites (tertiary alicyclic amines) is 1. The van der Waals surface area contributed by atoms with Crippen molar-refractivity contribution in [2.24, 2.45) is 0 Å². The van der Waals surface area contributed by atoms with Crippen LogP contribution < -0.4 is 16.0 Å². The number of fused-ring (bicyclic) bond motifs is 1. The number of carbonyl (C=O) groups is 3. The zero-order chi connectivity index (χ0) is 25.0. The third-order valence-electron chi connectivity index (χ3n) is 6.75. The molecule has 0 aromatic carbocycles. The fraction of sp³-hybridized carbons (Fsp3) is 0.375. The summed E-state index contributed by atoms with van der Waals surface area (Å²) >= 11 is 1.41. The Hall–Kier alpha value is -3.77. The Morgan fingerprint density at radius 2 is 2.08 bits per heavy atom. The molecule has 0 spiro atoms. The van der Waals surface area contributed by atoms with E-state index in [0.29, 0.717) is 27.8 Å². The second-order valence-corrected chi connectivity index (χ2v) is 10.6. The Morgan fingerprint density at radius 3 is 2.78 bits per heavy atom. The smallest absolute Gasteiger partial charge is 0.326 e. The fourth-order valence-corrected chi connectivity index (χ4v) is 5.49. The molecule has 1 atom stereocenters. The van der Waals surface area contributed by atoms with Gasteiger partial charge in [-0.2, -0.15) is 9.61 Å². The molecule has 3 N–H and O–H groups in total. The van der Waals surface area contributed by atoms with Crippen LogP contribution in [0, 0.1) is 0 Å². The molecule has 0 bridgehead atoms. The van der Waals surface area contributed by atoms with E-state index in [1.165, 1.54) is 11.3 Å². The minimum atomic E-state index is -0.558. The largest absolute Gasteiger partial charge is 0.367 e. The second kappa shape index (κ2) is 8.71. The molecular weight excluding hydrogens is 480 g/mol. The molecule has 4 amide bonds. The number of likely N-dealkylation sites (N-methyl/N-ethyl adjacent to an activating group) is 2. The normalized spacial score (nSPS) is 21.3. The molecule has 2 saturated heterocycles. The Bertz CT molecular complexity index is 1420. The summed E-state index contributed by atoms with van der Waals surface area (Å²) in [7, 11) is 3.95. The number of nitrogens with one attached hydrogen (secondary N) is 3. The molecule has 3 fully saturated rings. The fourth-order valence-electron chi connectivity index (χ4n) is 4.54. The maximum atomic E-state index is 13.2. The van der Waals surface area contributed by atoms with Gasteiger partial charge in [0.05, 0.1) is 21.6 Å². The first kappa shape index (κ1) is 22.7. The van der Waals surface area contributed by atoms with Gasteiger partial charge in [0, 0.05) is 37.3 Å². The van der Waals surface area contributed by atoms with E-state index in [4.69, 9.17) is 4.98 Å². The highest BCUT2D eigenvalue weighted by Gasteiger charge is 2.29. The van der Waals surface area contributed by atoms with Crippen LogP contribution in [-0.4, -0.2) is 81.5 Å². The highest BCUT2D eigenvalue weighted by atomic mass is 32.1. The highest BCUT2D eigenvalue weighted by molar-refractivity contribution is 7.17. The summed E-state index contributed by atoms with van der Waals surface area (Å²) in [5.41, 5.74) is 1.99. The SMILES string of the molecule is CN1CCC(N(C)C(=O)c2ccc(-c3cc(NC4CC4)n4ncc(/C=C5\NC(=O)NC5=O)c4n3)s2)C1. The van der Waals surface area contributed by atoms with E-state index in [2.05, 4.69) is 33.0 Å². The van der Waals surface area contributed by atoms with Crippen molar-refractivity contribution in [2.75, 3.05) is 32.5 Å². The topological polar surface area (TPSA) is 124 Å². The van der Waals surface area contributed by atoms with E-state index in [0.717, 1.165) is 43.0 Å². The van der Waals surface area contributed by atoms with E-state index in [9.17, 15) is 14.4 Å². The van der Waals surface area contributed by atoms with Gasteiger partial charge in [0.15, 0.2) is 5.65 Å². The van der Waals surface area contributed by atoms with Crippen LogP contribution in [0.25, 0.3) is 22.3 Å². The molecule has 186 valence electrons. The molecule has 5 heterocycles. The number of carbonyl (C=O) groups excluding carboxylic acids is 3. The van der Waals surface area contributed by atoms with Gasteiger partial charge in [-0.1, -0.05) is 0 Å². The summed E-state index contributed by atoms with van der Waals surface area (Å²) in [6.45, 7) is 1.88. The Balaban J connectivity index is 1.35. The summed E-state index contributed by atoms with van der Waals surface area (Å²) < 4.78 is 1.70. The van der Waals surface area contributed by atoms with E-state index < -0.39 is 11.9 Å². The van der Waals surface area contributed by atoms with Crippen LogP contribution in [0.5, 0.6) is 0 Å². The van der Waals surface area contributed by atoms with Crippen molar-refractivity contribution in [3.05, 3.63) is 40.5 Å². The van der Waals surface area contributed by atoms with Gasteiger partial charge >= 0.3 is 6.03 Å². The predicted molar refractivity (Wildman–Crippen MR) is 136 cm³/mol. The quantitative estimate of drug-likeness (QED) is 0.345. The molecule has 1 saturated carbocycles. The number of hydrogen-bond acceptors (Lipinski definition) is 8. The Kier molecular flexibility index (Phi) is 5.49. The lowest BCUT2D eigenvalue weighted by molar-refractivity contribution is -0.115. The average molecular weight is 507 g/mol. The molecule has 12 heteroatoms. The monoisotopic (exact) mass is 506 g/mol. The van der Waals surface area contributed by atoms with Crippen LogP contribution >= 0.6 is 11.3 Å². The van der Waals surface area contributed by atoms with E-state index in [1.807, 2.05) is 30.1 Å². The van der Waals surface area contributed by atoms with Crippen LogP contribution in [0.15, 0.2) is 30.1 Å². The van der Waals surface area contributed by atoms with Crippen molar-refractivity contribution in [1.82, 2.24) is 35.0 Å². The molecular formula is C24H26N8O3S. The zero-order valence-electron chi connectivity index (χ0n) is 19.9. The number of nitrogens with zero attached hydrogens (tertiary/aromatic N) is 5. The van der Waals surface area contributed by atoms with Gasteiger partial charge in [0.2, 0.25) is 0 Å². The van der Waals surface area contributed by atoms with Crippen molar-refractivity contribution in [2.45, 2.75) is 31.3 Å². The van der Waals surface area contributed by atoms with Gasteiger partial charge in [-0.25, -0.2) is 9.78 Å². The molecule has 3 aliphatic rings. The zero-order valence-corrected chi connectivity index (χ0v) is 20.8. The van der Waals surface area contributed by atoms with Crippen molar-refractivity contribution in [3.63, 3.8) is 0 Å². The predicted octanol–water partition coefficient (Wildman–Crippen LogP) is 1.99. The number of hydrogen-bond donors (Lipinski definition) is 3. The standard InChI is InChI=1S/C24H26N8O3S/c1-30-8-7-15(12-30)31(2)23(34)19-6-5-18(36-19)16-10-20(26-14-3-4-14)32-21(27-16)13(11-25-32)9-17-22(33)29-24(35)28-17/h5-6,9-11,14-15,26H,3-4,7-8,12H2,1-2H3,(H2,28,29,33,35)/b17-9-. The lowest BCUT2D eigenvalue weighted by Gasteiger charge is -2.23. The highest BCUT2D eigenvalue weighted by Crippen LogP contribution is 2.33. The third kappa shape index (κ3) is 4.22. The molecule has 3 aromatic heterocycles. The van der Waals surface area contributed by atoms with Crippen molar-refractivity contribution in [3.8, 4) is 10.6 Å². The molecule has 6 rings (SSSR count). The van der Waals surface area contributed by atoms with Crippen molar-refractivity contribution >= 4 is 46.7 Å². The molecule has 2 aliphatic heterocycles. The van der Waals surface area contributed by atoms with Gasteiger partial charge in [-0.05, 0) is 51.1 Å². The summed E-state index contributed by atoms with van der Waals surface area (Å²) in [4.78, 5) is 47.2. The first-order valence-electron chi connectivity index (χ1n) is 11.9. The van der Waals surface area contributed by atoms with Gasteiger partial charge in [0.1, 0.15) is 11.5 Å². The van der Waals surface area contributed by atoms with Crippen LogP contribution in [-0.2, 0) is 4.79 Å². The number of rotatable bonds is 6. The van der Waals surface area contributed by atoms with E-state index >= 15 is 0 Å². The second-order valence-electron chi connectivity index (χ2n) is 9.53. The molecule has 3 aromatic rings. The minimum absolute atomic E-state index is 0.0155. The first-order chi connectivity index (χ1) is 17.4. The molecule has 11 nitrogen and oxygen atoms in total. The Labute approximate surface area is 211 Å². The summed E-state index contributed by atoms with van der Waals surface area (Å²) in [6.07, 6.45) is 6.33. The maximum Gasteiger partial charge on any atom is 0.326 e. The van der Waals surface area contributed by atoms with E-state index in [1.54, 1.807) is 16.8 Å². The number of urea groups is 1. The van der Waals surface area contributed by atoms with Crippen LogP contribution in [0.2, 0.25) is 0 Å². The summed E-state index contributed by atoms with van der Waals surface area (Å²) in [5.74, 6) is 0.307. The van der Waals surface area contributed by atoms with Gasteiger partial charge in [-0.3, -0.25) is 14.9 Å². The lowest BCUT2D eigenvalue weighted by atomic mass is 10.2. The van der Waals surface area contributed by atoms with Gasteiger partial charge in [0.25, 0.3) is 11.8 Å².